The van der Waals surface area contributed by atoms with Gasteiger partial charge >= 0.3 is 5.97 Å². The zero-order chi connectivity index (χ0) is 16.8. The average molecular weight is 448 g/mol. The van der Waals surface area contributed by atoms with Crippen molar-refractivity contribution < 1.29 is 14.3 Å². The summed E-state index contributed by atoms with van der Waals surface area (Å²) in [6.07, 6.45) is 2.33. The summed E-state index contributed by atoms with van der Waals surface area (Å²) in [6, 6.07) is 0. The van der Waals surface area contributed by atoms with Gasteiger partial charge in [-0.25, -0.2) is 4.98 Å². The summed E-state index contributed by atoms with van der Waals surface area (Å²) >= 11 is 3.50. The summed E-state index contributed by atoms with van der Waals surface area (Å²) in [5.41, 5.74) is 1.55. The summed E-state index contributed by atoms with van der Waals surface area (Å²) < 4.78 is 7.69. The van der Waals surface area contributed by atoms with Gasteiger partial charge in [0.25, 0.3) is 0 Å². The van der Waals surface area contributed by atoms with Gasteiger partial charge in [-0.05, 0) is 36.4 Å². The van der Waals surface area contributed by atoms with Crippen molar-refractivity contribution >= 4 is 50.9 Å². The van der Waals surface area contributed by atoms with Gasteiger partial charge in [0.05, 0.1) is 28.0 Å². The molecular formula is C14H17IN4O3S. The fourth-order valence-corrected chi connectivity index (χ4v) is 2.97. The zero-order valence-corrected chi connectivity index (χ0v) is 15.8. The van der Waals surface area contributed by atoms with Crippen LogP contribution in [0.4, 0.5) is 5.13 Å². The Morgan fingerprint density at radius 1 is 1.48 bits per heavy atom. The molecule has 7 nitrogen and oxygen atoms in total. The first kappa shape index (κ1) is 17.9. The van der Waals surface area contributed by atoms with E-state index in [2.05, 4.69) is 38.0 Å². The third-order valence-corrected chi connectivity index (χ3v) is 4.75. The first-order valence-corrected chi connectivity index (χ1v) is 9.03. The van der Waals surface area contributed by atoms with E-state index in [-0.39, 0.29) is 18.3 Å². The van der Waals surface area contributed by atoms with Crippen molar-refractivity contribution in [3.05, 3.63) is 26.5 Å². The van der Waals surface area contributed by atoms with Crippen molar-refractivity contribution in [1.29, 1.82) is 0 Å². The molecule has 0 radical (unpaired) electrons. The summed E-state index contributed by atoms with van der Waals surface area (Å²) in [5, 5.41) is 9.27. The molecule has 1 N–H and O–H groups in total. The van der Waals surface area contributed by atoms with Gasteiger partial charge in [-0.1, -0.05) is 0 Å². The second kappa shape index (κ2) is 8.39. The third-order valence-electron chi connectivity index (χ3n) is 2.88. The molecule has 0 aliphatic rings. The fourth-order valence-electron chi connectivity index (χ4n) is 1.81. The predicted octanol–water partition coefficient (Wildman–Crippen LogP) is 2.39. The maximum absolute atomic E-state index is 11.9. The Morgan fingerprint density at radius 3 is 2.91 bits per heavy atom. The van der Waals surface area contributed by atoms with Gasteiger partial charge in [-0.2, -0.15) is 5.10 Å². The molecule has 0 aromatic carbocycles. The number of hydrogen-bond donors (Lipinski definition) is 1. The molecule has 124 valence electrons. The smallest absolute Gasteiger partial charge is 0.311 e. The quantitative estimate of drug-likeness (QED) is 0.520. The van der Waals surface area contributed by atoms with Gasteiger partial charge in [0.15, 0.2) is 5.13 Å². The highest BCUT2D eigenvalue weighted by molar-refractivity contribution is 14.1. The normalized spacial score (nSPS) is 10.6. The molecule has 2 heterocycles. The van der Waals surface area contributed by atoms with E-state index >= 15 is 0 Å². The highest BCUT2D eigenvalue weighted by Gasteiger charge is 2.11. The van der Waals surface area contributed by atoms with E-state index in [4.69, 9.17) is 4.74 Å². The maximum atomic E-state index is 11.9. The van der Waals surface area contributed by atoms with E-state index in [0.717, 1.165) is 9.26 Å². The Bertz CT molecular complexity index is 679. The van der Waals surface area contributed by atoms with E-state index in [1.54, 1.807) is 17.0 Å². The minimum atomic E-state index is -0.320. The molecule has 0 fully saturated rings. The largest absolute Gasteiger partial charge is 0.466 e. The molecule has 0 spiro atoms. The molecule has 0 bridgehead atoms. The van der Waals surface area contributed by atoms with Crippen LogP contribution in [0.25, 0.3) is 0 Å². The van der Waals surface area contributed by atoms with Crippen LogP contribution in [0.3, 0.4) is 0 Å². The lowest BCUT2D eigenvalue weighted by Gasteiger charge is -2.02. The van der Waals surface area contributed by atoms with E-state index in [1.165, 1.54) is 11.3 Å². The van der Waals surface area contributed by atoms with Crippen LogP contribution in [-0.2, 0) is 27.3 Å². The number of amides is 1. The van der Waals surface area contributed by atoms with Crippen LogP contribution < -0.4 is 5.32 Å². The lowest BCUT2D eigenvalue weighted by Crippen LogP contribution is -2.15. The van der Waals surface area contributed by atoms with E-state index < -0.39 is 0 Å². The Hall–Kier alpha value is -1.49. The topological polar surface area (TPSA) is 86.1 Å². The maximum Gasteiger partial charge on any atom is 0.311 e. The number of esters is 1. The Labute approximate surface area is 151 Å². The van der Waals surface area contributed by atoms with E-state index in [0.29, 0.717) is 30.4 Å². The van der Waals surface area contributed by atoms with Crippen LogP contribution in [0.15, 0.2) is 11.6 Å². The van der Waals surface area contributed by atoms with Gasteiger partial charge in [0.2, 0.25) is 5.91 Å². The number of anilines is 1. The molecule has 9 heteroatoms. The van der Waals surface area contributed by atoms with Crippen molar-refractivity contribution in [1.82, 2.24) is 14.8 Å². The van der Waals surface area contributed by atoms with Crippen molar-refractivity contribution in [2.75, 3.05) is 11.9 Å². The van der Waals surface area contributed by atoms with Gasteiger partial charge in [0.1, 0.15) is 0 Å². The molecule has 0 aliphatic heterocycles. The number of hydrogen-bond acceptors (Lipinski definition) is 6. The van der Waals surface area contributed by atoms with Crippen molar-refractivity contribution in [3.8, 4) is 0 Å². The second-order valence-electron chi connectivity index (χ2n) is 4.75. The molecule has 23 heavy (non-hydrogen) atoms. The molecule has 0 saturated carbocycles. The SMILES string of the molecule is CCOC(=O)Cc1csc(NC(=O)CCn2cc(I)c(C)n2)n1. The minimum Gasteiger partial charge on any atom is -0.466 e. The number of aromatic nitrogens is 3. The third kappa shape index (κ3) is 5.57. The molecule has 1 amide bonds. The fraction of sp³-hybridized carbons (Fsp3) is 0.429. The monoisotopic (exact) mass is 448 g/mol. The van der Waals surface area contributed by atoms with E-state index in [9.17, 15) is 9.59 Å². The van der Waals surface area contributed by atoms with Crippen LogP contribution in [-0.4, -0.2) is 33.2 Å². The number of carbonyl (C=O) groups is 2. The summed E-state index contributed by atoms with van der Waals surface area (Å²) in [7, 11) is 0. The first-order chi connectivity index (χ1) is 11.0. The zero-order valence-electron chi connectivity index (χ0n) is 12.8. The number of ether oxygens (including phenoxy) is 1. The molecule has 2 aromatic heterocycles. The molecule has 0 unspecified atom stereocenters. The Kier molecular flexibility index (Phi) is 6.51. The highest BCUT2D eigenvalue weighted by Crippen LogP contribution is 2.16. The summed E-state index contributed by atoms with van der Waals surface area (Å²) in [6.45, 7) is 4.54. The Balaban J connectivity index is 1.81. The molecule has 0 atom stereocenters. The summed E-state index contributed by atoms with van der Waals surface area (Å²) in [5.74, 6) is -0.454. The van der Waals surface area contributed by atoms with Gasteiger partial charge in [-0.15, -0.1) is 11.3 Å². The standard InChI is InChI=1S/C14H17IN4O3S/c1-3-22-13(21)6-10-8-23-14(16-10)17-12(20)4-5-19-7-11(15)9(2)18-19/h7-8H,3-6H2,1-2H3,(H,16,17,20). The van der Waals surface area contributed by atoms with Crippen LogP contribution in [0.5, 0.6) is 0 Å². The van der Waals surface area contributed by atoms with Gasteiger partial charge in [-0.3, -0.25) is 14.3 Å². The Morgan fingerprint density at radius 2 is 2.26 bits per heavy atom. The second-order valence-corrected chi connectivity index (χ2v) is 6.77. The van der Waals surface area contributed by atoms with Crippen molar-refractivity contribution in [2.45, 2.75) is 33.2 Å². The number of aryl methyl sites for hydroxylation is 2. The van der Waals surface area contributed by atoms with Crippen molar-refractivity contribution in [2.24, 2.45) is 0 Å². The predicted molar refractivity (Wildman–Crippen MR) is 95.4 cm³/mol. The van der Waals surface area contributed by atoms with Crippen LogP contribution in [0.2, 0.25) is 0 Å². The number of nitrogens with zero attached hydrogens (tertiary/aromatic N) is 3. The van der Waals surface area contributed by atoms with E-state index in [1.807, 2.05) is 13.1 Å². The van der Waals surface area contributed by atoms with Gasteiger partial charge < -0.3 is 10.1 Å². The van der Waals surface area contributed by atoms with Crippen molar-refractivity contribution in [3.63, 3.8) is 0 Å². The molecule has 0 aliphatic carbocycles. The number of rotatable bonds is 7. The highest BCUT2D eigenvalue weighted by atomic mass is 127. The first-order valence-electron chi connectivity index (χ1n) is 7.07. The number of thiazole rings is 1. The number of halogens is 1. The van der Waals surface area contributed by atoms with Crippen LogP contribution in [0.1, 0.15) is 24.7 Å². The molecule has 2 rings (SSSR count). The van der Waals surface area contributed by atoms with Crippen LogP contribution >= 0.6 is 33.9 Å². The number of nitrogens with one attached hydrogen (secondary N) is 1. The number of carbonyl (C=O) groups excluding carboxylic acids is 2. The average Bonchev–Trinajstić information content (AvgIpc) is 3.04. The molecular weight excluding hydrogens is 431 g/mol. The van der Waals surface area contributed by atoms with Gasteiger partial charge in [0, 0.05) is 24.5 Å². The minimum absolute atomic E-state index is 0.116. The lowest BCUT2D eigenvalue weighted by molar-refractivity contribution is -0.142. The molecule has 0 saturated heterocycles. The summed E-state index contributed by atoms with van der Waals surface area (Å²) in [4.78, 5) is 27.5. The van der Waals surface area contributed by atoms with Crippen LogP contribution in [0, 0.1) is 10.5 Å². The lowest BCUT2D eigenvalue weighted by atomic mass is 10.3. The molecule has 2 aromatic rings.